The zero-order valence-electron chi connectivity index (χ0n) is 13.6. The highest BCUT2D eigenvalue weighted by Gasteiger charge is 2.15. The molecule has 0 heterocycles. The molecule has 4 nitrogen and oxygen atoms in total. The zero-order valence-corrected chi connectivity index (χ0v) is 13.6. The molecule has 0 fully saturated rings. The van der Waals surface area contributed by atoms with E-state index >= 15 is 0 Å². The highest BCUT2D eigenvalue weighted by Crippen LogP contribution is 2.19. The number of para-hydroxylation sites is 1. The molecule has 0 spiro atoms. The van der Waals surface area contributed by atoms with Crippen LogP contribution in [0.25, 0.3) is 6.08 Å². The van der Waals surface area contributed by atoms with Crippen LogP contribution in [0, 0.1) is 0 Å². The Morgan fingerprint density at radius 2 is 1.95 bits per heavy atom. The molecule has 0 atom stereocenters. The first kappa shape index (κ1) is 17.1. The lowest BCUT2D eigenvalue weighted by Crippen LogP contribution is -2.32. The minimum Gasteiger partial charge on any atom is -0.444 e. The molecule has 0 unspecified atom stereocenters. The Morgan fingerprint density at radius 1 is 1.29 bits per heavy atom. The molecular weight excluding hydrogens is 264 g/mol. The van der Waals surface area contributed by atoms with E-state index < -0.39 is 5.60 Å². The highest BCUT2D eigenvalue weighted by atomic mass is 16.6. The largest absolute Gasteiger partial charge is 0.444 e. The first-order valence-electron chi connectivity index (χ1n) is 7.19. The third-order valence-corrected chi connectivity index (χ3v) is 2.70. The lowest BCUT2D eigenvalue weighted by Gasteiger charge is -2.19. The van der Waals surface area contributed by atoms with Crippen LogP contribution in [0.4, 0.5) is 10.5 Å². The quantitative estimate of drug-likeness (QED) is 0.841. The minimum atomic E-state index is -0.454. The summed E-state index contributed by atoms with van der Waals surface area (Å²) in [6, 6.07) is 8.20. The molecule has 0 saturated heterocycles. The summed E-state index contributed by atoms with van der Waals surface area (Å²) in [5.41, 5.74) is 1.89. The summed E-state index contributed by atoms with van der Waals surface area (Å²) >= 11 is 0. The second-order valence-electron chi connectivity index (χ2n) is 6.07. The number of carbonyl (C=O) groups excluding carboxylic acids is 1. The van der Waals surface area contributed by atoms with Crippen molar-refractivity contribution in [2.45, 2.75) is 32.8 Å². The molecule has 0 aliphatic heterocycles. The van der Waals surface area contributed by atoms with Crippen molar-refractivity contribution in [2.75, 3.05) is 25.5 Å². The van der Waals surface area contributed by atoms with Crippen molar-refractivity contribution < 1.29 is 9.53 Å². The van der Waals surface area contributed by atoms with E-state index in [9.17, 15) is 4.79 Å². The maximum atomic E-state index is 11.5. The Morgan fingerprint density at radius 3 is 2.57 bits per heavy atom. The van der Waals surface area contributed by atoms with Gasteiger partial charge in [-0.25, -0.2) is 4.79 Å². The molecule has 1 N–H and O–H groups in total. The van der Waals surface area contributed by atoms with Crippen LogP contribution in [0.5, 0.6) is 0 Å². The summed E-state index contributed by atoms with van der Waals surface area (Å²) in [5.74, 6) is 0. The van der Waals surface area contributed by atoms with Crippen molar-refractivity contribution in [1.29, 1.82) is 0 Å². The summed E-state index contributed by atoms with van der Waals surface area (Å²) < 4.78 is 5.17. The zero-order chi connectivity index (χ0) is 15.9. The Balaban J connectivity index is 2.41. The monoisotopic (exact) mass is 290 g/mol. The van der Waals surface area contributed by atoms with E-state index in [0.717, 1.165) is 6.42 Å². The lowest BCUT2D eigenvalue weighted by atomic mass is 10.1. The van der Waals surface area contributed by atoms with E-state index in [1.54, 1.807) is 0 Å². The van der Waals surface area contributed by atoms with E-state index in [0.29, 0.717) is 6.54 Å². The van der Waals surface area contributed by atoms with Crippen LogP contribution in [0.15, 0.2) is 30.3 Å². The number of nitrogens with one attached hydrogen (secondary N) is 1. The number of carbonyl (C=O) groups is 1. The van der Waals surface area contributed by atoms with Crippen LogP contribution >= 0.6 is 0 Å². The van der Waals surface area contributed by atoms with Crippen molar-refractivity contribution >= 4 is 17.9 Å². The Kier molecular flexibility index (Phi) is 6.28. The number of anilines is 1. The maximum absolute atomic E-state index is 11.5. The molecular formula is C17H26N2O2. The highest BCUT2D eigenvalue weighted by molar-refractivity contribution is 5.68. The molecule has 0 saturated carbocycles. The fourth-order valence-corrected chi connectivity index (χ4v) is 1.82. The predicted octanol–water partition coefficient (Wildman–Crippen LogP) is 3.68. The topological polar surface area (TPSA) is 41.6 Å². The number of rotatable bonds is 5. The lowest BCUT2D eigenvalue weighted by molar-refractivity contribution is 0.0529. The van der Waals surface area contributed by atoms with E-state index in [-0.39, 0.29) is 6.09 Å². The van der Waals surface area contributed by atoms with Gasteiger partial charge in [0.05, 0.1) is 0 Å². The second-order valence-corrected chi connectivity index (χ2v) is 6.07. The summed E-state index contributed by atoms with van der Waals surface area (Å²) in [6.07, 6.45) is 4.52. The fraction of sp³-hybridized carbons (Fsp3) is 0.471. The van der Waals surface area contributed by atoms with Crippen LogP contribution < -0.4 is 10.2 Å². The first-order chi connectivity index (χ1) is 9.79. The van der Waals surface area contributed by atoms with Gasteiger partial charge in [-0.15, -0.1) is 0 Å². The number of nitrogens with zero attached hydrogens (tertiary/aromatic N) is 1. The van der Waals surface area contributed by atoms with Crippen LogP contribution in [0.3, 0.4) is 0 Å². The van der Waals surface area contributed by atoms with Gasteiger partial charge in [0.15, 0.2) is 0 Å². The van der Waals surface area contributed by atoms with Gasteiger partial charge in [0.25, 0.3) is 0 Å². The number of alkyl carbamates (subject to hydrolysis) is 1. The van der Waals surface area contributed by atoms with Crippen molar-refractivity contribution in [1.82, 2.24) is 5.32 Å². The van der Waals surface area contributed by atoms with Crippen molar-refractivity contribution in [3.63, 3.8) is 0 Å². The molecule has 1 amide bonds. The SMILES string of the molecule is CN(C)c1ccccc1C=CCCNC(=O)OC(C)(C)C. The normalized spacial score (nSPS) is 11.5. The summed E-state index contributed by atoms with van der Waals surface area (Å²) in [5, 5.41) is 2.74. The Hall–Kier alpha value is -1.97. The first-order valence-corrected chi connectivity index (χ1v) is 7.19. The molecule has 1 aromatic rings. The van der Waals surface area contributed by atoms with Gasteiger partial charge in [-0.3, -0.25) is 0 Å². The fourth-order valence-electron chi connectivity index (χ4n) is 1.82. The van der Waals surface area contributed by atoms with Gasteiger partial charge >= 0.3 is 6.09 Å². The van der Waals surface area contributed by atoms with Gasteiger partial charge in [0.1, 0.15) is 5.60 Å². The van der Waals surface area contributed by atoms with Gasteiger partial charge in [0, 0.05) is 26.3 Å². The number of hydrogen-bond acceptors (Lipinski definition) is 3. The smallest absolute Gasteiger partial charge is 0.407 e. The molecule has 0 aromatic heterocycles. The van der Waals surface area contributed by atoms with Crippen molar-refractivity contribution in [2.24, 2.45) is 0 Å². The number of amides is 1. The van der Waals surface area contributed by atoms with E-state index in [1.807, 2.05) is 47.0 Å². The summed E-state index contributed by atoms with van der Waals surface area (Å²) in [6.45, 7) is 6.12. The van der Waals surface area contributed by atoms with Gasteiger partial charge < -0.3 is 15.0 Å². The number of ether oxygens (including phenoxy) is 1. The van der Waals surface area contributed by atoms with Crippen LogP contribution in [0.1, 0.15) is 32.8 Å². The van der Waals surface area contributed by atoms with Gasteiger partial charge in [0.2, 0.25) is 0 Å². The standard InChI is InChI=1S/C17H26N2O2/c1-17(2,3)21-16(20)18-13-9-8-11-14-10-6-7-12-15(14)19(4)5/h6-8,10-12H,9,13H2,1-5H3,(H,18,20). The van der Waals surface area contributed by atoms with Crippen LogP contribution in [-0.2, 0) is 4.74 Å². The molecule has 0 aliphatic rings. The molecule has 116 valence electrons. The maximum Gasteiger partial charge on any atom is 0.407 e. The Bertz CT molecular complexity index is 488. The van der Waals surface area contributed by atoms with Crippen LogP contribution in [0.2, 0.25) is 0 Å². The van der Waals surface area contributed by atoms with Gasteiger partial charge in [-0.05, 0) is 38.8 Å². The molecule has 1 aromatic carbocycles. The van der Waals surface area contributed by atoms with Crippen molar-refractivity contribution in [3.05, 3.63) is 35.9 Å². The minimum absolute atomic E-state index is 0.371. The molecule has 0 radical (unpaired) electrons. The average Bonchev–Trinajstić information content (AvgIpc) is 2.36. The van der Waals surface area contributed by atoms with Gasteiger partial charge in [-0.1, -0.05) is 30.4 Å². The average molecular weight is 290 g/mol. The third kappa shape index (κ3) is 6.84. The molecule has 21 heavy (non-hydrogen) atoms. The number of hydrogen-bond donors (Lipinski definition) is 1. The summed E-state index contributed by atoms with van der Waals surface area (Å²) in [7, 11) is 4.05. The van der Waals surface area contributed by atoms with E-state index in [2.05, 4.69) is 34.5 Å². The molecule has 0 bridgehead atoms. The molecule has 0 aliphatic carbocycles. The third-order valence-electron chi connectivity index (χ3n) is 2.70. The van der Waals surface area contributed by atoms with Gasteiger partial charge in [-0.2, -0.15) is 0 Å². The molecule has 1 rings (SSSR count). The summed E-state index contributed by atoms with van der Waals surface area (Å²) in [4.78, 5) is 13.6. The second kappa shape index (κ2) is 7.72. The number of benzene rings is 1. The van der Waals surface area contributed by atoms with E-state index in [4.69, 9.17) is 4.74 Å². The van der Waals surface area contributed by atoms with Crippen molar-refractivity contribution in [3.8, 4) is 0 Å². The predicted molar refractivity (Wildman–Crippen MR) is 88.7 cm³/mol. The Labute approximate surface area is 127 Å². The van der Waals surface area contributed by atoms with E-state index in [1.165, 1.54) is 11.3 Å². The molecule has 4 heteroatoms. The van der Waals surface area contributed by atoms with Crippen LogP contribution in [-0.4, -0.2) is 32.3 Å².